The molecule has 2 N–H and O–H groups in total. The standard InChI is InChI=1S/C24H17BrClNO5/c1-32-19-11-4-14(12-18(19)25)22(29)20-21(13-2-9-17(28)10-3-13)27(24(31)23(20)30)16-7-5-15(26)6-8-16/h2-12,21,28-29H,1H3/b22-20-. The van der Waals surface area contributed by atoms with Crippen LogP contribution in [0.3, 0.4) is 0 Å². The first-order valence-electron chi connectivity index (χ1n) is 9.51. The molecule has 8 heteroatoms. The Kier molecular flexibility index (Phi) is 5.95. The van der Waals surface area contributed by atoms with Crippen molar-refractivity contribution in [2.75, 3.05) is 12.0 Å². The van der Waals surface area contributed by atoms with Gasteiger partial charge in [0.15, 0.2) is 0 Å². The number of phenolic OH excluding ortho intramolecular Hbond substituents is 1. The van der Waals surface area contributed by atoms with E-state index in [4.69, 9.17) is 16.3 Å². The van der Waals surface area contributed by atoms with Crippen molar-refractivity contribution in [3.8, 4) is 11.5 Å². The van der Waals surface area contributed by atoms with Gasteiger partial charge >= 0.3 is 0 Å². The van der Waals surface area contributed by atoms with Gasteiger partial charge in [0.25, 0.3) is 11.7 Å². The molecule has 3 aromatic carbocycles. The van der Waals surface area contributed by atoms with E-state index in [0.717, 1.165) is 0 Å². The van der Waals surface area contributed by atoms with Gasteiger partial charge in [0, 0.05) is 16.3 Å². The molecule has 0 spiro atoms. The molecular weight excluding hydrogens is 498 g/mol. The van der Waals surface area contributed by atoms with E-state index in [2.05, 4.69) is 15.9 Å². The predicted molar refractivity (Wildman–Crippen MR) is 125 cm³/mol. The molecule has 0 bridgehead atoms. The van der Waals surface area contributed by atoms with E-state index in [-0.39, 0.29) is 17.1 Å². The minimum absolute atomic E-state index is 0.0382. The first-order chi connectivity index (χ1) is 15.3. The zero-order valence-electron chi connectivity index (χ0n) is 16.8. The second kappa shape index (κ2) is 8.68. The third-order valence-electron chi connectivity index (χ3n) is 5.18. The number of amides is 1. The van der Waals surface area contributed by atoms with Crippen molar-refractivity contribution < 1.29 is 24.5 Å². The average Bonchev–Trinajstić information content (AvgIpc) is 3.05. The maximum Gasteiger partial charge on any atom is 0.300 e. The quantitative estimate of drug-likeness (QED) is 0.275. The lowest BCUT2D eigenvalue weighted by Crippen LogP contribution is -2.29. The van der Waals surface area contributed by atoms with Gasteiger partial charge in [-0.1, -0.05) is 23.7 Å². The number of phenols is 1. The summed E-state index contributed by atoms with van der Waals surface area (Å²) in [5, 5.41) is 21.3. The van der Waals surface area contributed by atoms with Gasteiger partial charge in [-0.05, 0) is 76.1 Å². The third-order valence-corrected chi connectivity index (χ3v) is 6.05. The minimum Gasteiger partial charge on any atom is -0.508 e. The second-order valence-corrected chi connectivity index (χ2v) is 8.38. The number of rotatable bonds is 4. The number of carbonyl (C=O) groups is 2. The van der Waals surface area contributed by atoms with Crippen molar-refractivity contribution in [3.05, 3.63) is 92.9 Å². The molecule has 0 aromatic heterocycles. The third kappa shape index (κ3) is 3.85. The molecule has 1 atom stereocenters. The van der Waals surface area contributed by atoms with Crippen LogP contribution < -0.4 is 9.64 Å². The van der Waals surface area contributed by atoms with Crippen molar-refractivity contribution in [2.24, 2.45) is 0 Å². The Balaban J connectivity index is 1.93. The van der Waals surface area contributed by atoms with Crippen LogP contribution in [0.15, 0.2) is 76.8 Å². The smallest absolute Gasteiger partial charge is 0.300 e. The Morgan fingerprint density at radius 2 is 1.69 bits per heavy atom. The van der Waals surface area contributed by atoms with Crippen LogP contribution in [-0.2, 0) is 9.59 Å². The zero-order chi connectivity index (χ0) is 23.0. The van der Waals surface area contributed by atoms with Gasteiger partial charge in [-0.15, -0.1) is 0 Å². The lowest BCUT2D eigenvalue weighted by Gasteiger charge is -2.25. The van der Waals surface area contributed by atoms with Crippen molar-refractivity contribution >= 4 is 50.7 Å². The predicted octanol–water partition coefficient (Wildman–Crippen LogP) is 5.44. The second-order valence-electron chi connectivity index (χ2n) is 7.09. The van der Waals surface area contributed by atoms with Crippen molar-refractivity contribution in [2.45, 2.75) is 6.04 Å². The molecule has 1 heterocycles. The number of methoxy groups -OCH3 is 1. The summed E-state index contributed by atoms with van der Waals surface area (Å²) < 4.78 is 5.80. The number of aliphatic hydroxyl groups excluding tert-OH is 1. The number of nitrogens with zero attached hydrogens (tertiary/aromatic N) is 1. The van der Waals surface area contributed by atoms with Gasteiger partial charge in [-0.2, -0.15) is 0 Å². The molecule has 1 fully saturated rings. The molecule has 3 aromatic rings. The highest BCUT2D eigenvalue weighted by Gasteiger charge is 2.47. The number of benzene rings is 3. The molecule has 32 heavy (non-hydrogen) atoms. The van der Waals surface area contributed by atoms with Gasteiger partial charge in [0.1, 0.15) is 17.3 Å². The monoisotopic (exact) mass is 513 g/mol. The highest BCUT2D eigenvalue weighted by molar-refractivity contribution is 9.10. The minimum atomic E-state index is -0.905. The van der Waals surface area contributed by atoms with Crippen molar-refractivity contribution in [1.82, 2.24) is 0 Å². The summed E-state index contributed by atoms with van der Waals surface area (Å²) in [6, 6.07) is 16.6. The fourth-order valence-electron chi connectivity index (χ4n) is 3.64. The Labute approximate surface area is 197 Å². The maximum absolute atomic E-state index is 13.1. The van der Waals surface area contributed by atoms with Crippen molar-refractivity contribution in [3.63, 3.8) is 0 Å². The van der Waals surface area contributed by atoms with Gasteiger partial charge in [-0.25, -0.2) is 0 Å². The number of hydrogen-bond acceptors (Lipinski definition) is 5. The van der Waals surface area contributed by atoms with E-state index in [9.17, 15) is 19.8 Å². The molecule has 1 aliphatic rings. The first-order valence-corrected chi connectivity index (χ1v) is 10.7. The lowest BCUT2D eigenvalue weighted by molar-refractivity contribution is -0.132. The van der Waals surface area contributed by atoms with Crippen molar-refractivity contribution in [1.29, 1.82) is 0 Å². The van der Waals surface area contributed by atoms with Gasteiger partial charge in [0.05, 0.1) is 23.2 Å². The number of ether oxygens (including phenoxy) is 1. The fraction of sp³-hybridized carbons (Fsp3) is 0.0833. The molecule has 6 nitrogen and oxygen atoms in total. The zero-order valence-corrected chi connectivity index (χ0v) is 19.1. The Morgan fingerprint density at radius 3 is 2.28 bits per heavy atom. The molecular formula is C24H17BrClNO5. The van der Waals surface area contributed by atoms with Crippen LogP contribution >= 0.6 is 27.5 Å². The number of Topliss-reactive ketones (excluding diaryl/α,β-unsaturated/α-hetero) is 1. The lowest BCUT2D eigenvalue weighted by atomic mass is 9.95. The van der Waals surface area contributed by atoms with E-state index >= 15 is 0 Å². The fourth-order valence-corrected chi connectivity index (χ4v) is 4.31. The molecule has 1 aliphatic heterocycles. The van der Waals surface area contributed by atoms with Gasteiger partial charge in [-0.3, -0.25) is 14.5 Å². The Morgan fingerprint density at radius 1 is 1.03 bits per heavy atom. The number of aliphatic hydroxyl groups is 1. The summed E-state index contributed by atoms with van der Waals surface area (Å²) in [6.07, 6.45) is 0. The van der Waals surface area contributed by atoms with Crippen LogP contribution in [0.1, 0.15) is 17.2 Å². The molecule has 1 unspecified atom stereocenters. The molecule has 162 valence electrons. The average molecular weight is 515 g/mol. The van der Waals surface area contributed by atoms with Crippen LogP contribution in [0.25, 0.3) is 5.76 Å². The number of anilines is 1. The summed E-state index contributed by atoms with van der Waals surface area (Å²) >= 11 is 9.36. The van der Waals surface area contributed by atoms with E-state index in [0.29, 0.717) is 32.1 Å². The molecule has 4 rings (SSSR count). The topological polar surface area (TPSA) is 87.1 Å². The summed E-state index contributed by atoms with van der Waals surface area (Å²) in [5.41, 5.74) is 1.28. The first kappa shape index (κ1) is 21.9. The normalized spacial score (nSPS) is 17.6. The van der Waals surface area contributed by atoms with Crippen LogP contribution in [0.4, 0.5) is 5.69 Å². The van der Waals surface area contributed by atoms with E-state index < -0.39 is 17.7 Å². The number of hydrogen-bond donors (Lipinski definition) is 2. The SMILES string of the molecule is COc1ccc(/C(O)=C2/C(=O)C(=O)N(c3ccc(Cl)cc3)C2c2ccc(O)cc2)cc1Br. The number of halogens is 2. The summed E-state index contributed by atoms with van der Waals surface area (Å²) in [7, 11) is 1.52. The van der Waals surface area contributed by atoms with Crippen LogP contribution in [0.5, 0.6) is 11.5 Å². The molecule has 0 aliphatic carbocycles. The van der Waals surface area contributed by atoms with Crippen LogP contribution in [0.2, 0.25) is 5.02 Å². The number of aromatic hydroxyl groups is 1. The van der Waals surface area contributed by atoms with E-state index in [1.807, 2.05) is 0 Å². The van der Waals surface area contributed by atoms with Gasteiger partial charge < -0.3 is 14.9 Å². The van der Waals surface area contributed by atoms with Crippen LogP contribution in [0, 0.1) is 0 Å². The summed E-state index contributed by atoms with van der Waals surface area (Å²) in [5.74, 6) is -1.32. The Bertz CT molecular complexity index is 1240. The maximum atomic E-state index is 13.1. The molecule has 0 radical (unpaired) electrons. The highest BCUT2D eigenvalue weighted by atomic mass is 79.9. The largest absolute Gasteiger partial charge is 0.508 e. The van der Waals surface area contributed by atoms with E-state index in [1.165, 1.54) is 24.1 Å². The summed E-state index contributed by atoms with van der Waals surface area (Å²) in [6.45, 7) is 0. The molecule has 1 saturated heterocycles. The molecule has 0 saturated carbocycles. The molecule has 1 amide bonds. The summed E-state index contributed by atoms with van der Waals surface area (Å²) in [4.78, 5) is 27.5. The highest BCUT2D eigenvalue weighted by Crippen LogP contribution is 2.43. The number of carbonyl (C=O) groups excluding carboxylic acids is 2. The van der Waals surface area contributed by atoms with E-state index in [1.54, 1.807) is 54.6 Å². The van der Waals surface area contributed by atoms with Crippen LogP contribution in [-0.4, -0.2) is 29.0 Å². The number of ketones is 1. The van der Waals surface area contributed by atoms with Gasteiger partial charge in [0.2, 0.25) is 0 Å². The Hall–Kier alpha value is -3.29.